The van der Waals surface area contributed by atoms with Gasteiger partial charge in [-0.3, -0.25) is 4.79 Å². The normalized spacial score (nSPS) is 15.5. The molecule has 1 aliphatic heterocycles. The van der Waals surface area contributed by atoms with Gasteiger partial charge in [0.15, 0.2) is 0 Å². The maximum atomic E-state index is 12.6. The maximum absolute atomic E-state index is 12.6. The number of aromatic nitrogens is 2. The lowest BCUT2D eigenvalue weighted by molar-refractivity contribution is 0.0915. The summed E-state index contributed by atoms with van der Waals surface area (Å²) in [4.78, 5) is 33.7. The van der Waals surface area contributed by atoms with Crippen molar-refractivity contribution >= 4 is 23.0 Å². The number of nitrogens with one attached hydrogen (secondary N) is 2. The van der Waals surface area contributed by atoms with Crippen molar-refractivity contribution in [2.24, 2.45) is 5.92 Å². The first-order valence-electron chi connectivity index (χ1n) is 9.09. The molecule has 1 aromatic heterocycles. The number of fused-ring (bicyclic) bond motifs is 1. The second kappa shape index (κ2) is 7.76. The number of hydrogen-bond donors (Lipinski definition) is 2. The number of carbonyl (C=O) groups is 2. The number of hydrogen-bond acceptors (Lipinski definition) is 4. The zero-order valence-electron chi connectivity index (χ0n) is 15.5. The van der Waals surface area contributed by atoms with Crippen LogP contribution >= 0.6 is 0 Å². The van der Waals surface area contributed by atoms with Crippen LogP contribution in [0.25, 0.3) is 11.0 Å². The highest BCUT2D eigenvalue weighted by Crippen LogP contribution is 2.21. The van der Waals surface area contributed by atoms with E-state index in [9.17, 15) is 9.59 Å². The fourth-order valence-electron chi connectivity index (χ4n) is 3.29. The van der Waals surface area contributed by atoms with Crippen molar-refractivity contribution in [3.05, 3.63) is 29.6 Å². The van der Waals surface area contributed by atoms with Gasteiger partial charge in [-0.1, -0.05) is 19.9 Å². The minimum Gasteiger partial charge on any atom is -0.453 e. The standard InChI is InChI=1S/C19H26N4O3/c1-12(2)17-21-15-6-4-5-14(16(15)22-17)18(24)20-11-13-7-9-23(10-8-13)19(25)26-3/h4-6,12-13H,7-11H2,1-3H3,(H,20,24)(H,21,22). The molecule has 0 aliphatic carbocycles. The Morgan fingerprint density at radius 1 is 1.35 bits per heavy atom. The first kappa shape index (κ1) is 18.2. The molecule has 0 bridgehead atoms. The van der Waals surface area contributed by atoms with Gasteiger partial charge in [-0.2, -0.15) is 0 Å². The van der Waals surface area contributed by atoms with Gasteiger partial charge in [0.2, 0.25) is 0 Å². The molecule has 1 fully saturated rings. The highest BCUT2D eigenvalue weighted by atomic mass is 16.5. The predicted molar refractivity (Wildman–Crippen MR) is 99.2 cm³/mol. The van der Waals surface area contributed by atoms with Crippen LogP contribution in [0, 0.1) is 5.92 Å². The molecule has 2 amide bonds. The fraction of sp³-hybridized carbons (Fsp3) is 0.526. The zero-order chi connectivity index (χ0) is 18.7. The van der Waals surface area contributed by atoms with Crippen molar-refractivity contribution in [3.8, 4) is 0 Å². The summed E-state index contributed by atoms with van der Waals surface area (Å²) in [5.41, 5.74) is 2.19. The van der Waals surface area contributed by atoms with E-state index in [1.165, 1.54) is 7.11 Å². The van der Waals surface area contributed by atoms with Crippen LogP contribution in [0.15, 0.2) is 18.2 Å². The van der Waals surface area contributed by atoms with Crippen molar-refractivity contribution in [2.75, 3.05) is 26.7 Å². The van der Waals surface area contributed by atoms with Crippen LogP contribution in [0.4, 0.5) is 4.79 Å². The Kier molecular flexibility index (Phi) is 5.44. The van der Waals surface area contributed by atoms with E-state index in [0.29, 0.717) is 36.6 Å². The monoisotopic (exact) mass is 358 g/mol. The van der Waals surface area contributed by atoms with E-state index in [1.807, 2.05) is 18.2 Å². The Hall–Kier alpha value is -2.57. The molecule has 1 aromatic carbocycles. The third-order valence-corrected chi connectivity index (χ3v) is 4.92. The lowest BCUT2D eigenvalue weighted by atomic mass is 9.97. The minimum atomic E-state index is -0.279. The van der Waals surface area contributed by atoms with Gasteiger partial charge >= 0.3 is 6.09 Å². The van der Waals surface area contributed by atoms with Crippen LogP contribution < -0.4 is 5.32 Å². The number of ether oxygens (including phenoxy) is 1. The summed E-state index contributed by atoms with van der Waals surface area (Å²) in [7, 11) is 1.40. The molecule has 0 radical (unpaired) electrons. The molecule has 1 saturated heterocycles. The molecular weight excluding hydrogens is 332 g/mol. The number of piperidine rings is 1. The topological polar surface area (TPSA) is 87.3 Å². The number of methoxy groups -OCH3 is 1. The van der Waals surface area contributed by atoms with Crippen molar-refractivity contribution in [2.45, 2.75) is 32.6 Å². The average molecular weight is 358 g/mol. The molecule has 3 rings (SSSR count). The summed E-state index contributed by atoms with van der Waals surface area (Å²) in [5.74, 6) is 1.42. The van der Waals surface area contributed by atoms with Crippen LogP contribution in [0.2, 0.25) is 0 Å². The van der Waals surface area contributed by atoms with Crippen molar-refractivity contribution in [1.29, 1.82) is 0 Å². The largest absolute Gasteiger partial charge is 0.453 e. The van der Waals surface area contributed by atoms with Gasteiger partial charge in [0, 0.05) is 25.6 Å². The molecule has 0 saturated carbocycles. The number of likely N-dealkylation sites (tertiary alicyclic amines) is 1. The van der Waals surface area contributed by atoms with E-state index in [-0.39, 0.29) is 17.9 Å². The third kappa shape index (κ3) is 3.81. The summed E-state index contributed by atoms with van der Waals surface area (Å²) >= 11 is 0. The summed E-state index contributed by atoms with van der Waals surface area (Å²) in [6.45, 7) is 6.07. The highest BCUT2D eigenvalue weighted by Gasteiger charge is 2.24. The summed E-state index contributed by atoms with van der Waals surface area (Å²) in [5, 5.41) is 3.03. The van der Waals surface area contributed by atoms with Crippen LogP contribution in [0.1, 0.15) is 48.8 Å². The summed E-state index contributed by atoms with van der Waals surface area (Å²) < 4.78 is 4.75. The first-order chi connectivity index (χ1) is 12.5. The molecule has 0 atom stereocenters. The second-order valence-electron chi connectivity index (χ2n) is 7.09. The molecule has 26 heavy (non-hydrogen) atoms. The molecular formula is C19H26N4O3. The van der Waals surface area contributed by atoms with Gasteiger partial charge in [0.25, 0.3) is 5.91 Å². The maximum Gasteiger partial charge on any atom is 0.409 e. The molecule has 7 nitrogen and oxygen atoms in total. The van der Waals surface area contributed by atoms with E-state index >= 15 is 0 Å². The first-order valence-corrected chi connectivity index (χ1v) is 9.09. The lowest BCUT2D eigenvalue weighted by Crippen LogP contribution is -2.41. The van der Waals surface area contributed by atoms with Crippen LogP contribution in [-0.2, 0) is 4.74 Å². The molecule has 0 spiro atoms. The molecule has 2 heterocycles. The smallest absolute Gasteiger partial charge is 0.409 e. The number of rotatable bonds is 4. The van der Waals surface area contributed by atoms with Crippen molar-refractivity contribution < 1.29 is 14.3 Å². The zero-order valence-corrected chi connectivity index (χ0v) is 15.5. The summed E-state index contributed by atoms with van der Waals surface area (Å²) in [6.07, 6.45) is 1.44. The highest BCUT2D eigenvalue weighted by molar-refractivity contribution is 6.04. The molecule has 1 aliphatic rings. The van der Waals surface area contributed by atoms with Gasteiger partial charge in [-0.15, -0.1) is 0 Å². The molecule has 7 heteroatoms. The molecule has 0 unspecified atom stereocenters. The van der Waals surface area contributed by atoms with Crippen LogP contribution in [0.3, 0.4) is 0 Å². The Labute approximate surface area is 153 Å². The number of para-hydroxylation sites is 1. The van der Waals surface area contributed by atoms with Crippen molar-refractivity contribution in [1.82, 2.24) is 20.2 Å². The SMILES string of the molecule is COC(=O)N1CCC(CNC(=O)c2cccc3[nH]c(C(C)C)nc23)CC1. The van der Waals surface area contributed by atoms with Crippen molar-refractivity contribution in [3.63, 3.8) is 0 Å². The number of aromatic amines is 1. The van der Waals surface area contributed by atoms with E-state index in [0.717, 1.165) is 24.2 Å². The predicted octanol–water partition coefficient (Wildman–Crippen LogP) is 2.89. The Bertz CT molecular complexity index is 791. The van der Waals surface area contributed by atoms with E-state index in [4.69, 9.17) is 4.74 Å². The lowest BCUT2D eigenvalue weighted by Gasteiger charge is -2.30. The van der Waals surface area contributed by atoms with E-state index in [1.54, 1.807) is 4.90 Å². The Morgan fingerprint density at radius 3 is 2.73 bits per heavy atom. The van der Waals surface area contributed by atoms with Gasteiger partial charge in [0.1, 0.15) is 11.3 Å². The van der Waals surface area contributed by atoms with Crippen LogP contribution in [0.5, 0.6) is 0 Å². The number of nitrogens with zero attached hydrogens (tertiary/aromatic N) is 2. The second-order valence-corrected chi connectivity index (χ2v) is 7.09. The molecule has 2 aromatic rings. The Balaban J connectivity index is 1.61. The average Bonchev–Trinajstić information content (AvgIpc) is 3.10. The summed E-state index contributed by atoms with van der Waals surface area (Å²) in [6, 6.07) is 5.62. The fourth-order valence-corrected chi connectivity index (χ4v) is 3.29. The number of benzene rings is 1. The van der Waals surface area contributed by atoms with Gasteiger partial charge in [-0.05, 0) is 30.9 Å². The third-order valence-electron chi connectivity index (χ3n) is 4.92. The molecule has 140 valence electrons. The van der Waals surface area contributed by atoms with E-state index < -0.39 is 0 Å². The number of amides is 2. The van der Waals surface area contributed by atoms with Gasteiger partial charge in [-0.25, -0.2) is 9.78 Å². The van der Waals surface area contributed by atoms with Gasteiger partial charge in [0.05, 0.1) is 18.2 Å². The Morgan fingerprint density at radius 2 is 2.08 bits per heavy atom. The van der Waals surface area contributed by atoms with Gasteiger partial charge < -0.3 is 19.9 Å². The number of H-pyrrole nitrogens is 1. The molecule has 2 N–H and O–H groups in total. The van der Waals surface area contributed by atoms with Crippen LogP contribution in [-0.4, -0.2) is 53.6 Å². The van der Waals surface area contributed by atoms with E-state index in [2.05, 4.69) is 29.1 Å². The minimum absolute atomic E-state index is 0.104. The number of imidazole rings is 1. The quantitative estimate of drug-likeness (QED) is 0.880. The number of carbonyl (C=O) groups excluding carboxylic acids is 2.